The first-order valence-electron chi connectivity index (χ1n) is 15.4. The van der Waals surface area contributed by atoms with Gasteiger partial charge in [-0.15, -0.1) is 0 Å². The maximum Gasteiger partial charge on any atom is 0.333 e. The molecule has 44 heavy (non-hydrogen) atoms. The van der Waals surface area contributed by atoms with E-state index in [1.807, 2.05) is 6.08 Å². The number of aliphatic hydroxyl groups is 3. The Kier molecular flexibility index (Phi) is 8.63. The Morgan fingerprint density at radius 3 is 2.23 bits per heavy atom. The number of hydrogen-bond acceptors (Lipinski definition) is 8. The molecule has 0 aromatic rings. The highest BCUT2D eigenvalue weighted by Crippen LogP contribution is 2.81. The number of thiol groups is 1. The van der Waals surface area contributed by atoms with Crippen LogP contribution in [0.2, 0.25) is 21.2 Å². The molecule has 5 rings (SSSR count). The van der Waals surface area contributed by atoms with Crippen molar-refractivity contribution in [2.24, 2.45) is 23.2 Å². The minimum Gasteiger partial charge on any atom is -0.458 e. The highest BCUT2D eigenvalue weighted by Gasteiger charge is 2.72. The Balaban J connectivity index is 1.65. The Bertz CT molecular complexity index is 1280. The van der Waals surface area contributed by atoms with Gasteiger partial charge in [-0.3, -0.25) is 4.79 Å². The van der Waals surface area contributed by atoms with Crippen molar-refractivity contribution in [2.75, 3.05) is 6.61 Å². The van der Waals surface area contributed by atoms with Gasteiger partial charge in [-0.1, -0.05) is 58.7 Å². The maximum absolute atomic E-state index is 13.2. The van der Waals surface area contributed by atoms with E-state index in [-0.39, 0.29) is 18.4 Å². The molecule has 0 saturated heterocycles. The molecule has 0 bridgehead atoms. The second-order valence-corrected chi connectivity index (χ2v) is 15.1. The average Bonchev–Trinajstić information content (AvgIpc) is 2.92. The smallest absolute Gasteiger partial charge is 0.333 e. The summed E-state index contributed by atoms with van der Waals surface area (Å²) in [7, 11) is 41.7. The van der Waals surface area contributed by atoms with E-state index in [4.69, 9.17) is 69.2 Å². The van der Waals surface area contributed by atoms with Crippen LogP contribution in [0.25, 0.3) is 0 Å². The topological polar surface area (TPSA) is 113 Å². The molecule has 4 saturated carbocycles. The lowest BCUT2D eigenvalue weighted by molar-refractivity contribution is -0.225. The van der Waals surface area contributed by atoms with E-state index in [2.05, 4.69) is 0 Å². The fraction of sp³-hybridized carbons (Fsp3) is 0.800. The molecule has 5 aliphatic rings. The Hall–Kier alpha value is -0.960. The van der Waals surface area contributed by atoms with Crippen LogP contribution in [0.15, 0.2) is 23.3 Å². The summed E-state index contributed by atoms with van der Waals surface area (Å²) in [5.74, 6) is -2.98. The van der Waals surface area contributed by atoms with E-state index >= 15 is 0 Å². The predicted octanol–water partition coefficient (Wildman–Crippen LogP) is 1.30. The molecule has 3 N–H and O–H groups in total. The van der Waals surface area contributed by atoms with Crippen LogP contribution < -0.4 is 0 Å². The zero-order valence-corrected chi connectivity index (χ0v) is 26.6. The molecule has 12 atom stereocenters. The van der Waals surface area contributed by atoms with Crippen LogP contribution in [-0.4, -0.2) is 110 Å². The minimum absolute atomic E-state index is 0.0190. The standard InChI is InChI=1S/C30H38B6O7S/c1-4-14(2)24(41)43-22-23(42-15(3)38)29(34,44)11-17-16-5-6-18-26(31)9-8-20(39)30(35,36)19(26)7-10-27(18,32)28(16,33)12-21(40)25(17,22)13-37/h4-5,17-23,37,39-40,44H,6-13H2,1-3H3/b14-4-/t17?,18?,19?,20-,21+,22-,23-,25-,26-,27-,28-,29+/m0/s1. The number of hydrogen-bond donors (Lipinski definition) is 4. The maximum atomic E-state index is 13.2. The molecule has 14 heteroatoms. The molecule has 224 valence electrons. The number of ether oxygens (including phenoxy) is 2. The molecular weight excluding hydrogens is 569 g/mol. The molecule has 7 nitrogen and oxygen atoms in total. The van der Waals surface area contributed by atoms with Gasteiger partial charge >= 0.3 is 11.9 Å². The van der Waals surface area contributed by atoms with Crippen molar-refractivity contribution in [1.82, 2.24) is 0 Å². The normalized spacial score (nSPS) is 49.7. The fourth-order valence-electron chi connectivity index (χ4n) is 9.74. The van der Waals surface area contributed by atoms with Crippen LogP contribution in [-0.2, 0) is 19.1 Å². The van der Waals surface area contributed by atoms with Gasteiger partial charge in [-0.2, -0.15) is 12.6 Å². The third-order valence-electron chi connectivity index (χ3n) is 12.3. The molecule has 4 fully saturated rings. The number of aliphatic hydroxyl groups excluding tert-OH is 3. The first kappa shape index (κ1) is 34.4. The van der Waals surface area contributed by atoms with Crippen LogP contribution in [0.1, 0.15) is 65.7 Å². The average molecular weight is 608 g/mol. The molecular formula is C30H38B6O7S. The lowest BCUT2D eigenvalue weighted by atomic mass is 9.20. The molecule has 0 amide bonds. The molecule has 5 aliphatic carbocycles. The van der Waals surface area contributed by atoms with Crippen LogP contribution >= 0.6 is 12.6 Å². The largest absolute Gasteiger partial charge is 0.458 e. The molecule has 12 radical (unpaired) electrons. The number of carbonyl (C=O) groups excluding carboxylic acids is 2. The van der Waals surface area contributed by atoms with E-state index in [0.29, 0.717) is 37.7 Å². The first-order valence-corrected chi connectivity index (χ1v) is 15.9. The van der Waals surface area contributed by atoms with Gasteiger partial charge in [-0.25, -0.2) is 4.79 Å². The summed E-state index contributed by atoms with van der Waals surface area (Å²) in [6, 6.07) is 0. The van der Waals surface area contributed by atoms with Crippen LogP contribution in [0, 0.1) is 23.2 Å². The number of rotatable bonds is 4. The van der Waals surface area contributed by atoms with Gasteiger partial charge in [0.25, 0.3) is 0 Å². The molecule has 0 spiro atoms. The third kappa shape index (κ3) is 4.57. The lowest BCUT2D eigenvalue weighted by Gasteiger charge is -2.73. The lowest BCUT2D eigenvalue weighted by Crippen LogP contribution is -2.72. The summed E-state index contributed by atoms with van der Waals surface area (Å²) in [4.78, 5) is 25.4. The van der Waals surface area contributed by atoms with Gasteiger partial charge < -0.3 is 24.8 Å². The van der Waals surface area contributed by atoms with Gasteiger partial charge in [0.2, 0.25) is 0 Å². The summed E-state index contributed by atoms with van der Waals surface area (Å²) < 4.78 is 10.1. The number of fused-ring (bicyclic) bond motifs is 7. The van der Waals surface area contributed by atoms with Crippen LogP contribution in [0.4, 0.5) is 0 Å². The van der Waals surface area contributed by atoms with Crippen molar-refractivity contribution in [3.05, 3.63) is 23.3 Å². The zero-order chi connectivity index (χ0) is 32.8. The Labute approximate surface area is 274 Å². The number of esters is 2. The second-order valence-electron chi connectivity index (χ2n) is 14.3. The number of allylic oxidation sites excluding steroid dienone is 3. The van der Waals surface area contributed by atoms with Crippen molar-refractivity contribution >= 4 is 71.6 Å². The van der Waals surface area contributed by atoms with Crippen molar-refractivity contribution in [3.63, 3.8) is 0 Å². The van der Waals surface area contributed by atoms with Gasteiger partial charge in [0.05, 0.1) is 65.2 Å². The van der Waals surface area contributed by atoms with E-state index < -0.39 is 91.9 Å². The van der Waals surface area contributed by atoms with E-state index in [1.54, 1.807) is 19.9 Å². The Morgan fingerprint density at radius 1 is 0.977 bits per heavy atom. The zero-order valence-electron chi connectivity index (χ0n) is 25.7. The highest BCUT2D eigenvalue weighted by atomic mass is 32.1. The van der Waals surface area contributed by atoms with E-state index in [1.165, 1.54) is 6.92 Å². The SMILES string of the molecule is [B]C1([B])C2CC[C@]3([B])C(CC=C4C5C[C@@]([B])(S)[C@@H](OC(C)=O)[C@H](OC(=O)/C(C)=C\C)[C@]5(CO)[C@H](O)C[C@]43[B])[C@@]2([B])CC[C@@H]1O. The summed E-state index contributed by atoms with van der Waals surface area (Å²) in [6.07, 6.45) is 0.418. The summed E-state index contributed by atoms with van der Waals surface area (Å²) in [6.45, 7) is 3.80. The van der Waals surface area contributed by atoms with Crippen LogP contribution in [0.5, 0.6) is 0 Å². The second kappa shape index (κ2) is 11.1. The Morgan fingerprint density at radius 2 is 1.64 bits per heavy atom. The first-order chi connectivity index (χ1) is 20.3. The minimum atomic E-state index is -1.55. The molecule has 0 aromatic heterocycles. The van der Waals surface area contributed by atoms with E-state index in [0.717, 1.165) is 0 Å². The third-order valence-corrected chi connectivity index (χ3v) is 12.7. The monoisotopic (exact) mass is 608 g/mol. The number of carbonyl (C=O) groups is 2. The van der Waals surface area contributed by atoms with Gasteiger partial charge in [0, 0.05) is 23.2 Å². The molecule has 3 unspecified atom stereocenters. The van der Waals surface area contributed by atoms with Gasteiger partial charge in [0.1, 0.15) is 6.10 Å². The molecule has 0 heterocycles. The molecule has 0 aliphatic heterocycles. The van der Waals surface area contributed by atoms with Gasteiger partial charge in [0.15, 0.2) is 6.10 Å². The summed E-state index contributed by atoms with van der Waals surface area (Å²) in [5, 5.41) is 29.2. The van der Waals surface area contributed by atoms with E-state index in [9.17, 15) is 24.9 Å². The van der Waals surface area contributed by atoms with Crippen molar-refractivity contribution in [2.45, 2.75) is 116 Å². The summed E-state index contributed by atoms with van der Waals surface area (Å²) >= 11 is 4.73. The fourth-order valence-corrected chi connectivity index (χ4v) is 10.1. The summed E-state index contributed by atoms with van der Waals surface area (Å²) in [5.41, 5.74) is -0.612. The van der Waals surface area contributed by atoms with Crippen molar-refractivity contribution < 1.29 is 34.4 Å². The van der Waals surface area contributed by atoms with Crippen molar-refractivity contribution in [1.29, 1.82) is 0 Å². The van der Waals surface area contributed by atoms with Crippen LogP contribution in [0.3, 0.4) is 0 Å². The molecule has 0 aromatic carbocycles. The predicted molar refractivity (Wildman–Crippen MR) is 174 cm³/mol. The highest BCUT2D eigenvalue weighted by molar-refractivity contribution is 7.83. The van der Waals surface area contributed by atoms with Crippen molar-refractivity contribution in [3.8, 4) is 0 Å². The van der Waals surface area contributed by atoms with Gasteiger partial charge in [-0.05, 0) is 56.7 Å². The quantitative estimate of drug-likeness (QED) is 0.125.